The third-order valence-electron chi connectivity index (χ3n) is 4.75. The summed E-state index contributed by atoms with van der Waals surface area (Å²) in [5, 5.41) is 3.04. The molecule has 1 N–H and O–H groups in total. The first-order valence-electron chi connectivity index (χ1n) is 7.73. The highest BCUT2D eigenvalue weighted by Crippen LogP contribution is 2.48. The first-order valence-corrected chi connectivity index (χ1v) is 8.72. The Balaban J connectivity index is 1.80. The molecule has 108 valence electrons. The summed E-state index contributed by atoms with van der Waals surface area (Å²) in [6.07, 6.45) is 6.93. The number of thioether (sulfide) groups is 1. The molecule has 1 aromatic rings. The lowest BCUT2D eigenvalue weighted by molar-refractivity contribution is -0.121. The van der Waals surface area contributed by atoms with Crippen molar-refractivity contribution in [2.45, 2.75) is 43.3 Å². The smallest absolute Gasteiger partial charge is 0.221 e. The monoisotopic (exact) mass is 289 g/mol. The third kappa shape index (κ3) is 3.03. The van der Waals surface area contributed by atoms with Gasteiger partial charge in [0.1, 0.15) is 0 Å². The van der Waals surface area contributed by atoms with E-state index >= 15 is 0 Å². The summed E-state index contributed by atoms with van der Waals surface area (Å²) in [5.41, 5.74) is 1.42. The van der Waals surface area contributed by atoms with Crippen LogP contribution in [0.2, 0.25) is 0 Å². The Morgan fingerprint density at radius 1 is 1.25 bits per heavy atom. The molecule has 2 fully saturated rings. The zero-order valence-corrected chi connectivity index (χ0v) is 12.8. The molecule has 20 heavy (non-hydrogen) atoms. The second kappa shape index (κ2) is 6.21. The summed E-state index contributed by atoms with van der Waals surface area (Å²) in [5.74, 6) is 1.97. The number of carbonyl (C=O) groups excluding carboxylic acids is 1. The Labute approximate surface area is 125 Å². The van der Waals surface area contributed by atoms with Gasteiger partial charge in [0.2, 0.25) is 5.91 Å². The Hall–Kier alpha value is -0.960. The van der Waals surface area contributed by atoms with Crippen LogP contribution in [0.5, 0.6) is 0 Å². The van der Waals surface area contributed by atoms with E-state index in [4.69, 9.17) is 0 Å². The summed E-state index contributed by atoms with van der Waals surface area (Å²) >= 11 is 2.06. The summed E-state index contributed by atoms with van der Waals surface area (Å²) < 4.78 is 0.189. The van der Waals surface area contributed by atoms with Crippen molar-refractivity contribution in [2.75, 3.05) is 12.3 Å². The Kier molecular flexibility index (Phi) is 4.35. The highest BCUT2D eigenvalue weighted by Gasteiger charge is 2.43. The van der Waals surface area contributed by atoms with Gasteiger partial charge in [-0.1, -0.05) is 43.2 Å². The Bertz CT molecular complexity index is 461. The first-order chi connectivity index (χ1) is 9.78. The van der Waals surface area contributed by atoms with E-state index in [-0.39, 0.29) is 10.7 Å². The van der Waals surface area contributed by atoms with Gasteiger partial charge in [-0.3, -0.25) is 4.79 Å². The van der Waals surface area contributed by atoms with Crippen LogP contribution in [0.15, 0.2) is 30.3 Å². The van der Waals surface area contributed by atoms with Crippen LogP contribution in [0, 0.1) is 5.92 Å². The molecule has 1 amide bonds. The summed E-state index contributed by atoms with van der Waals surface area (Å²) in [4.78, 5) is 12.0. The van der Waals surface area contributed by atoms with E-state index in [1.165, 1.54) is 31.2 Å². The highest BCUT2D eigenvalue weighted by atomic mass is 32.2. The van der Waals surface area contributed by atoms with Gasteiger partial charge in [-0.15, -0.1) is 0 Å². The molecule has 1 aliphatic heterocycles. The lowest BCUT2D eigenvalue weighted by atomic mass is 9.73. The van der Waals surface area contributed by atoms with Crippen molar-refractivity contribution >= 4 is 17.7 Å². The number of amides is 1. The molecule has 1 saturated heterocycles. The predicted molar refractivity (Wildman–Crippen MR) is 84.9 cm³/mol. The molecule has 0 bridgehead atoms. The quantitative estimate of drug-likeness (QED) is 0.904. The van der Waals surface area contributed by atoms with Crippen molar-refractivity contribution in [3.05, 3.63) is 35.9 Å². The van der Waals surface area contributed by atoms with Gasteiger partial charge in [0.05, 0.1) is 0 Å². The minimum Gasteiger partial charge on any atom is -0.355 e. The standard InChI is InChI=1S/C17H23NOS/c19-16-13-17(20-11-10-18-16)9-5-4-8-15(17)12-14-6-2-1-3-7-14/h1-3,6-7,15H,4-5,8-13H2,(H,18,19)/t15-,17-/m0/s1. The maximum atomic E-state index is 12.0. The summed E-state index contributed by atoms with van der Waals surface area (Å²) in [7, 11) is 0. The van der Waals surface area contributed by atoms with E-state index in [2.05, 4.69) is 47.4 Å². The van der Waals surface area contributed by atoms with Crippen molar-refractivity contribution in [1.82, 2.24) is 5.32 Å². The molecule has 1 heterocycles. The lowest BCUT2D eigenvalue weighted by Crippen LogP contribution is -2.41. The van der Waals surface area contributed by atoms with Crippen LogP contribution in [0.4, 0.5) is 0 Å². The molecular formula is C17H23NOS. The second-order valence-corrected chi connectivity index (χ2v) is 7.58. The molecule has 0 unspecified atom stereocenters. The van der Waals surface area contributed by atoms with E-state index in [9.17, 15) is 4.79 Å². The molecule has 2 aliphatic rings. The number of rotatable bonds is 2. The fourth-order valence-electron chi connectivity index (χ4n) is 3.72. The van der Waals surface area contributed by atoms with Gasteiger partial charge in [0.25, 0.3) is 0 Å². The van der Waals surface area contributed by atoms with Crippen LogP contribution in [0.3, 0.4) is 0 Å². The van der Waals surface area contributed by atoms with Crippen LogP contribution in [0.1, 0.15) is 37.7 Å². The number of hydrogen-bond acceptors (Lipinski definition) is 2. The fraction of sp³-hybridized carbons (Fsp3) is 0.588. The molecular weight excluding hydrogens is 266 g/mol. The van der Waals surface area contributed by atoms with Gasteiger partial charge >= 0.3 is 0 Å². The third-order valence-corrected chi connectivity index (χ3v) is 6.41. The van der Waals surface area contributed by atoms with Crippen LogP contribution >= 0.6 is 11.8 Å². The first kappa shape index (κ1) is 14.0. The largest absolute Gasteiger partial charge is 0.355 e. The molecule has 3 rings (SSSR count). The fourth-order valence-corrected chi connectivity index (χ4v) is 5.29. The van der Waals surface area contributed by atoms with Crippen molar-refractivity contribution in [2.24, 2.45) is 5.92 Å². The SMILES string of the molecule is O=C1C[C@]2(CCCC[C@H]2Cc2ccccc2)SCCN1. The van der Waals surface area contributed by atoms with Crippen LogP contribution in [-0.2, 0) is 11.2 Å². The van der Waals surface area contributed by atoms with E-state index in [1.54, 1.807) is 0 Å². The number of carbonyl (C=O) groups is 1. The van der Waals surface area contributed by atoms with Crippen LogP contribution in [-0.4, -0.2) is 23.0 Å². The Morgan fingerprint density at radius 2 is 2.10 bits per heavy atom. The zero-order chi connectivity index (χ0) is 13.8. The van der Waals surface area contributed by atoms with E-state index < -0.39 is 0 Å². The van der Waals surface area contributed by atoms with Crippen LogP contribution < -0.4 is 5.32 Å². The topological polar surface area (TPSA) is 29.1 Å². The van der Waals surface area contributed by atoms with Crippen LogP contribution in [0.25, 0.3) is 0 Å². The van der Waals surface area contributed by atoms with E-state index in [0.717, 1.165) is 25.1 Å². The van der Waals surface area contributed by atoms with Gasteiger partial charge in [-0.25, -0.2) is 0 Å². The maximum absolute atomic E-state index is 12.0. The molecule has 2 atom stereocenters. The van der Waals surface area contributed by atoms with E-state index in [0.29, 0.717) is 5.92 Å². The van der Waals surface area contributed by atoms with Crippen molar-refractivity contribution in [3.8, 4) is 0 Å². The molecule has 1 spiro atoms. The summed E-state index contributed by atoms with van der Waals surface area (Å²) in [6.45, 7) is 0.837. The number of hydrogen-bond donors (Lipinski definition) is 1. The van der Waals surface area contributed by atoms with Gasteiger partial charge in [0, 0.05) is 23.5 Å². The Morgan fingerprint density at radius 3 is 2.95 bits per heavy atom. The predicted octanol–water partition coefficient (Wildman–Crippen LogP) is 3.41. The van der Waals surface area contributed by atoms with Gasteiger partial charge < -0.3 is 5.32 Å². The molecule has 1 aliphatic carbocycles. The lowest BCUT2D eigenvalue weighted by Gasteiger charge is -2.43. The zero-order valence-electron chi connectivity index (χ0n) is 11.9. The van der Waals surface area contributed by atoms with Gasteiger partial charge in [0.15, 0.2) is 0 Å². The molecule has 2 nitrogen and oxygen atoms in total. The normalized spacial score (nSPS) is 30.8. The average molecular weight is 289 g/mol. The molecule has 1 aromatic carbocycles. The maximum Gasteiger partial charge on any atom is 0.221 e. The second-order valence-electron chi connectivity index (χ2n) is 6.07. The number of benzene rings is 1. The molecule has 1 saturated carbocycles. The minimum absolute atomic E-state index is 0.189. The number of nitrogens with one attached hydrogen (secondary N) is 1. The average Bonchev–Trinajstić information content (AvgIpc) is 2.65. The van der Waals surface area contributed by atoms with Gasteiger partial charge in [-0.05, 0) is 30.7 Å². The van der Waals surface area contributed by atoms with Crippen molar-refractivity contribution in [1.29, 1.82) is 0 Å². The highest BCUT2D eigenvalue weighted by molar-refractivity contribution is 8.00. The van der Waals surface area contributed by atoms with Crippen molar-refractivity contribution < 1.29 is 4.79 Å². The van der Waals surface area contributed by atoms with Gasteiger partial charge in [-0.2, -0.15) is 11.8 Å². The van der Waals surface area contributed by atoms with Crippen molar-refractivity contribution in [3.63, 3.8) is 0 Å². The summed E-state index contributed by atoms with van der Waals surface area (Å²) in [6, 6.07) is 10.8. The van der Waals surface area contributed by atoms with E-state index in [1.807, 2.05) is 0 Å². The minimum atomic E-state index is 0.189. The molecule has 3 heteroatoms. The molecule has 0 radical (unpaired) electrons. The molecule has 0 aromatic heterocycles.